The Morgan fingerprint density at radius 2 is 1.47 bits per heavy atom. The maximum Gasteiger partial charge on any atom is 0.293 e. The molecule has 8 nitrogen and oxygen atoms in total. The Labute approximate surface area is 294 Å². The maximum absolute atomic E-state index is 12.4. The van der Waals surface area contributed by atoms with E-state index in [1.807, 2.05) is 6.92 Å². The van der Waals surface area contributed by atoms with E-state index in [0.717, 1.165) is 25.3 Å². The predicted octanol–water partition coefficient (Wildman–Crippen LogP) is 7.75. The lowest BCUT2D eigenvalue weighted by Gasteiger charge is -2.22. The molecule has 2 saturated carbocycles. The molecule has 49 heavy (non-hydrogen) atoms. The van der Waals surface area contributed by atoms with Crippen molar-refractivity contribution < 1.29 is 23.9 Å². The molecule has 0 heterocycles. The third-order valence-electron chi connectivity index (χ3n) is 9.37. The largest absolute Gasteiger partial charge is 0.465 e. The number of rotatable bonds is 16. The van der Waals surface area contributed by atoms with Crippen molar-refractivity contribution in [1.82, 2.24) is 16.0 Å². The van der Waals surface area contributed by atoms with E-state index in [0.29, 0.717) is 31.7 Å². The van der Waals surface area contributed by atoms with Gasteiger partial charge < -0.3 is 25.5 Å². The predicted molar refractivity (Wildman–Crippen MR) is 197 cm³/mol. The summed E-state index contributed by atoms with van der Waals surface area (Å²) in [7, 11) is 0. The van der Waals surface area contributed by atoms with Gasteiger partial charge >= 0.3 is 0 Å². The number of Topliss-reactive ketones (excluding diaryl/α,β-unsaturated/α-hetero) is 1. The molecule has 2 amide bonds. The number of fused-ring (bicyclic) bond motifs is 3. The minimum absolute atomic E-state index is 0.0301. The van der Waals surface area contributed by atoms with Crippen molar-refractivity contribution in [2.75, 3.05) is 6.54 Å². The van der Waals surface area contributed by atoms with Crippen LogP contribution in [0.15, 0.2) is 59.8 Å². The molecule has 0 bridgehead atoms. The number of unbranched alkanes of at least 4 members (excludes halogenated alkanes) is 1. The molecule has 3 N–H and O–H groups in total. The van der Waals surface area contributed by atoms with Gasteiger partial charge in [0.2, 0.25) is 11.8 Å². The zero-order chi connectivity index (χ0) is 35.8. The summed E-state index contributed by atoms with van der Waals surface area (Å²) in [6, 6.07) is 17.3. The van der Waals surface area contributed by atoms with Gasteiger partial charge in [-0.25, -0.2) is 0 Å². The Balaban J connectivity index is 0.000000239. The summed E-state index contributed by atoms with van der Waals surface area (Å²) >= 11 is 0. The summed E-state index contributed by atoms with van der Waals surface area (Å²) in [5, 5.41) is 9.09. The molecule has 2 aromatic carbocycles. The van der Waals surface area contributed by atoms with Crippen molar-refractivity contribution in [3.05, 3.63) is 70.9 Å². The lowest BCUT2D eigenvalue weighted by atomic mass is 9.91. The highest BCUT2D eigenvalue weighted by molar-refractivity contribution is 5.87. The molecule has 0 aromatic heterocycles. The number of carbonyl (C=O) groups is 4. The normalized spacial score (nSPS) is 15.4. The van der Waals surface area contributed by atoms with Crippen LogP contribution < -0.4 is 16.0 Å². The number of ether oxygens (including phenoxy) is 1. The molecular weight excluding hydrogens is 614 g/mol. The Kier molecular flexibility index (Phi) is 16.6. The summed E-state index contributed by atoms with van der Waals surface area (Å²) in [5.74, 6) is 1.39. The van der Waals surface area contributed by atoms with E-state index in [9.17, 15) is 19.2 Å². The van der Waals surface area contributed by atoms with Crippen molar-refractivity contribution >= 4 is 24.1 Å². The van der Waals surface area contributed by atoms with E-state index >= 15 is 0 Å². The topological polar surface area (TPSA) is 114 Å². The van der Waals surface area contributed by atoms with E-state index < -0.39 is 6.04 Å². The Bertz CT molecular complexity index is 1360. The molecule has 0 aliphatic heterocycles. The van der Waals surface area contributed by atoms with Crippen LogP contribution in [0.25, 0.3) is 11.1 Å². The first-order valence-electron chi connectivity index (χ1n) is 18.3. The molecule has 5 rings (SSSR count). The second-order valence-electron chi connectivity index (χ2n) is 14.1. The number of nitrogens with one attached hydrogen (secondary N) is 3. The highest BCUT2D eigenvalue weighted by Crippen LogP contribution is 2.50. The van der Waals surface area contributed by atoms with Crippen LogP contribution in [0.5, 0.6) is 0 Å². The average molecular weight is 674 g/mol. The molecule has 8 heteroatoms. The third kappa shape index (κ3) is 13.8. The number of hydrogen-bond donors (Lipinski definition) is 3. The van der Waals surface area contributed by atoms with E-state index in [-0.39, 0.29) is 29.7 Å². The van der Waals surface area contributed by atoms with Crippen LogP contribution in [-0.4, -0.2) is 48.8 Å². The van der Waals surface area contributed by atoms with Crippen LogP contribution in [-0.2, 0) is 23.9 Å². The van der Waals surface area contributed by atoms with Gasteiger partial charge in [-0.15, -0.1) is 0 Å². The van der Waals surface area contributed by atoms with Crippen LogP contribution >= 0.6 is 0 Å². The molecule has 2 atom stereocenters. The zero-order valence-electron chi connectivity index (χ0n) is 30.6. The van der Waals surface area contributed by atoms with Gasteiger partial charge in [0.15, 0.2) is 0 Å². The molecule has 2 fully saturated rings. The van der Waals surface area contributed by atoms with Crippen molar-refractivity contribution in [3.8, 4) is 11.1 Å². The fraction of sp³-hybridized carbons (Fsp3) is 0.561. The zero-order valence-corrected chi connectivity index (χ0v) is 30.6. The molecule has 3 aliphatic carbocycles. The molecule has 3 aliphatic rings. The first kappa shape index (κ1) is 39.5. The lowest BCUT2D eigenvalue weighted by molar-refractivity contribution is -0.132. The minimum atomic E-state index is -0.515. The summed E-state index contributed by atoms with van der Waals surface area (Å²) < 4.78 is 4.36. The van der Waals surface area contributed by atoms with Gasteiger partial charge in [-0.05, 0) is 114 Å². The van der Waals surface area contributed by atoms with Crippen molar-refractivity contribution in [3.63, 3.8) is 0 Å². The second-order valence-corrected chi connectivity index (χ2v) is 14.1. The number of ketones is 1. The average Bonchev–Trinajstić information content (AvgIpc) is 3.80. The Hall–Kier alpha value is -3.94. The first-order chi connectivity index (χ1) is 23.5. The summed E-state index contributed by atoms with van der Waals surface area (Å²) in [6.45, 7) is 11.9. The maximum atomic E-state index is 12.4. The van der Waals surface area contributed by atoms with Crippen molar-refractivity contribution in [1.29, 1.82) is 0 Å². The highest BCUT2D eigenvalue weighted by atomic mass is 16.5. The van der Waals surface area contributed by atoms with Gasteiger partial charge in [-0.3, -0.25) is 14.4 Å². The van der Waals surface area contributed by atoms with E-state index in [1.54, 1.807) is 31.9 Å². The number of allylic oxidation sites excluding steroid dienone is 2. The first-order valence-corrected chi connectivity index (χ1v) is 18.3. The minimum Gasteiger partial charge on any atom is -0.465 e. The van der Waals surface area contributed by atoms with Crippen LogP contribution in [0.3, 0.4) is 0 Å². The summed E-state index contributed by atoms with van der Waals surface area (Å²) in [4.78, 5) is 44.2. The molecule has 0 radical (unpaired) electrons. The van der Waals surface area contributed by atoms with Gasteiger partial charge in [0, 0.05) is 37.5 Å². The monoisotopic (exact) mass is 673 g/mol. The van der Waals surface area contributed by atoms with Gasteiger partial charge in [-0.2, -0.15) is 0 Å². The Morgan fingerprint density at radius 1 is 0.857 bits per heavy atom. The molecule has 1 unspecified atom stereocenters. The summed E-state index contributed by atoms with van der Waals surface area (Å²) in [6.07, 6.45) is 11.5. The smallest absolute Gasteiger partial charge is 0.293 e. The molecule has 268 valence electrons. The lowest BCUT2D eigenvalue weighted by Crippen LogP contribution is -2.48. The molecule has 0 spiro atoms. The number of hydrogen-bond acceptors (Lipinski definition) is 6. The quantitative estimate of drug-likeness (QED) is 0.124. The number of carbonyl (C=O) groups excluding carboxylic acids is 4. The molecular formula is C41H59N3O5. The standard InChI is InChI=1S/C20H35N3O3.C17H16.C4H8O2/c1-14(11-12-15(2)24)22-20(26)19(23-17(4)25)10-5-6-13-21-16(3)18-8-7-9-18;1-3-7-15-13(5-1)14-6-2-4-8-16(14)17(15)11-12-9-10-12;1-4(2)6-3-5/h14,19,21H,5-13H2,1-4H3,(H,22,26)(H,23,25);1-8,12,17H,9-11H2;3-4H,1-2H3/t14?,19-;;/m0../s1. The van der Waals surface area contributed by atoms with Crippen molar-refractivity contribution in [2.45, 2.75) is 136 Å². The van der Waals surface area contributed by atoms with Crippen LogP contribution in [0.4, 0.5) is 0 Å². The van der Waals surface area contributed by atoms with E-state index in [1.165, 1.54) is 67.8 Å². The van der Waals surface area contributed by atoms with E-state index in [2.05, 4.69) is 76.1 Å². The number of benzene rings is 2. The Morgan fingerprint density at radius 3 is 1.94 bits per heavy atom. The van der Waals surface area contributed by atoms with Gasteiger partial charge in [0.1, 0.15) is 11.8 Å². The third-order valence-corrected chi connectivity index (χ3v) is 9.37. The van der Waals surface area contributed by atoms with Gasteiger partial charge in [-0.1, -0.05) is 66.9 Å². The second kappa shape index (κ2) is 20.5. The molecule has 2 aromatic rings. The van der Waals surface area contributed by atoms with Gasteiger partial charge in [0.25, 0.3) is 6.47 Å². The summed E-state index contributed by atoms with van der Waals surface area (Å²) in [5.41, 5.74) is 8.87. The fourth-order valence-electron chi connectivity index (χ4n) is 6.26. The van der Waals surface area contributed by atoms with Crippen molar-refractivity contribution in [2.24, 2.45) is 5.92 Å². The highest BCUT2D eigenvalue weighted by Gasteiger charge is 2.33. The van der Waals surface area contributed by atoms with Crippen LogP contribution in [0, 0.1) is 5.92 Å². The van der Waals surface area contributed by atoms with Crippen LogP contribution in [0.2, 0.25) is 0 Å². The fourth-order valence-corrected chi connectivity index (χ4v) is 6.26. The number of amides is 2. The van der Waals surface area contributed by atoms with Crippen LogP contribution in [0.1, 0.15) is 129 Å². The van der Waals surface area contributed by atoms with E-state index in [4.69, 9.17) is 0 Å². The molecule has 0 saturated heterocycles. The SMILES string of the molecule is CC(=O)CCC(C)NC(=O)[C@H](CCCCNC(C)=C1CCC1)NC(C)=O.CC(C)OC=O.c1ccc2c(c1)-c1ccccc1C2CC1CC1. The van der Waals surface area contributed by atoms with Gasteiger partial charge in [0.05, 0.1) is 6.10 Å².